The molecule has 0 aliphatic heterocycles. The first kappa shape index (κ1) is 20.3. The van der Waals surface area contributed by atoms with E-state index in [9.17, 15) is 4.79 Å². The minimum absolute atomic E-state index is 0. The van der Waals surface area contributed by atoms with Crippen molar-refractivity contribution >= 4 is 53.4 Å². The Morgan fingerprint density at radius 2 is 2.00 bits per heavy atom. The summed E-state index contributed by atoms with van der Waals surface area (Å²) in [5.41, 5.74) is 7.25. The van der Waals surface area contributed by atoms with Gasteiger partial charge in [0, 0.05) is 23.8 Å². The van der Waals surface area contributed by atoms with E-state index < -0.39 is 0 Å². The Hall–Kier alpha value is -0.730. The van der Waals surface area contributed by atoms with Gasteiger partial charge in [-0.1, -0.05) is 0 Å². The lowest BCUT2D eigenvalue weighted by Gasteiger charge is -2.13. The van der Waals surface area contributed by atoms with Crippen LogP contribution in [0, 0.1) is 0 Å². The molecule has 23 heavy (non-hydrogen) atoms. The van der Waals surface area contributed by atoms with E-state index in [-0.39, 0.29) is 30.7 Å². The summed E-state index contributed by atoms with van der Waals surface area (Å²) in [6.07, 6.45) is 4.70. The van der Waals surface area contributed by atoms with Crippen molar-refractivity contribution in [3.05, 3.63) is 31.7 Å². The SMILES string of the molecule is CN(Cc1nc2c(s1)CCCC2)C(=O)c1csc(CN)n1.Cl.Cl. The number of hydrogen-bond donors (Lipinski definition) is 1. The van der Waals surface area contributed by atoms with E-state index in [4.69, 9.17) is 5.73 Å². The van der Waals surface area contributed by atoms with Crippen molar-refractivity contribution in [3.63, 3.8) is 0 Å². The highest BCUT2D eigenvalue weighted by molar-refractivity contribution is 7.11. The number of aryl methyl sites for hydroxylation is 2. The molecular formula is C14H20Cl2N4OS2. The first-order valence-corrected chi connectivity index (χ1v) is 8.74. The maximum Gasteiger partial charge on any atom is 0.273 e. The van der Waals surface area contributed by atoms with E-state index in [0.717, 1.165) is 22.9 Å². The molecule has 3 rings (SSSR count). The molecule has 2 N–H and O–H groups in total. The van der Waals surface area contributed by atoms with Crippen LogP contribution in [0.1, 0.15) is 43.9 Å². The smallest absolute Gasteiger partial charge is 0.273 e. The van der Waals surface area contributed by atoms with Crippen LogP contribution < -0.4 is 5.73 Å². The zero-order chi connectivity index (χ0) is 14.8. The largest absolute Gasteiger partial charge is 0.334 e. The highest BCUT2D eigenvalue weighted by atomic mass is 35.5. The van der Waals surface area contributed by atoms with Gasteiger partial charge in [-0.3, -0.25) is 4.79 Å². The quantitative estimate of drug-likeness (QED) is 0.864. The molecule has 1 amide bonds. The molecule has 1 aliphatic carbocycles. The van der Waals surface area contributed by atoms with Crippen LogP contribution >= 0.6 is 47.5 Å². The lowest BCUT2D eigenvalue weighted by Crippen LogP contribution is -2.26. The third-order valence-corrected chi connectivity index (χ3v) is 5.57. The number of rotatable bonds is 4. The Labute approximate surface area is 156 Å². The molecule has 0 unspecified atom stereocenters. The molecule has 0 spiro atoms. The van der Waals surface area contributed by atoms with E-state index >= 15 is 0 Å². The summed E-state index contributed by atoms with van der Waals surface area (Å²) in [6, 6.07) is 0. The molecule has 0 bridgehead atoms. The lowest BCUT2D eigenvalue weighted by molar-refractivity contribution is 0.0779. The maximum absolute atomic E-state index is 12.3. The van der Waals surface area contributed by atoms with Gasteiger partial charge in [0.15, 0.2) is 0 Å². The van der Waals surface area contributed by atoms with Gasteiger partial charge in [-0.2, -0.15) is 0 Å². The second-order valence-corrected chi connectivity index (χ2v) is 7.29. The summed E-state index contributed by atoms with van der Waals surface area (Å²) < 4.78 is 0. The van der Waals surface area contributed by atoms with Gasteiger partial charge < -0.3 is 10.6 Å². The Morgan fingerprint density at radius 1 is 1.26 bits per heavy atom. The topological polar surface area (TPSA) is 72.1 Å². The van der Waals surface area contributed by atoms with Crippen molar-refractivity contribution in [2.75, 3.05) is 7.05 Å². The average Bonchev–Trinajstić information content (AvgIpc) is 3.12. The highest BCUT2D eigenvalue weighted by Gasteiger charge is 2.19. The van der Waals surface area contributed by atoms with Crippen molar-refractivity contribution in [3.8, 4) is 0 Å². The molecule has 2 aromatic rings. The van der Waals surface area contributed by atoms with Crippen molar-refractivity contribution < 1.29 is 4.79 Å². The Balaban J connectivity index is 0.00000132. The van der Waals surface area contributed by atoms with Crippen molar-refractivity contribution in [2.24, 2.45) is 5.73 Å². The monoisotopic (exact) mass is 394 g/mol. The van der Waals surface area contributed by atoms with Gasteiger partial charge in [0.1, 0.15) is 15.7 Å². The summed E-state index contributed by atoms with van der Waals surface area (Å²) in [7, 11) is 1.80. The Morgan fingerprint density at radius 3 is 2.65 bits per heavy atom. The first-order chi connectivity index (χ1) is 10.2. The lowest BCUT2D eigenvalue weighted by atomic mass is 10.0. The number of halogens is 2. The summed E-state index contributed by atoms with van der Waals surface area (Å²) in [6.45, 7) is 0.923. The Kier molecular flexibility index (Phi) is 7.89. The van der Waals surface area contributed by atoms with Crippen LogP contribution in [0.15, 0.2) is 5.38 Å². The van der Waals surface area contributed by atoms with Gasteiger partial charge >= 0.3 is 0 Å². The number of nitrogens with two attached hydrogens (primary N) is 1. The number of aromatic nitrogens is 2. The summed E-state index contributed by atoms with van der Waals surface area (Å²) in [5.74, 6) is -0.0703. The summed E-state index contributed by atoms with van der Waals surface area (Å²) in [4.78, 5) is 24.3. The van der Waals surface area contributed by atoms with Crippen molar-refractivity contribution in [1.82, 2.24) is 14.9 Å². The number of thiazole rings is 2. The predicted molar refractivity (Wildman–Crippen MR) is 99.1 cm³/mol. The molecule has 0 saturated carbocycles. The third-order valence-electron chi connectivity index (χ3n) is 3.55. The van der Waals surface area contributed by atoms with Gasteiger partial charge in [0.25, 0.3) is 5.91 Å². The zero-order valence-corrected chi connectivity index (χ0v) is 16.0. The van der Waals surface area contributed by atoms with E-state index in [1.807, 2.05) is 0 Å². The van der Waals surface area contributed by atoms with Crippen LogP contribution in [-0.4, -0.2) is 27.8 Å². The fourth-order valence-corrected chi connectivity index (χ4v) is 4.31. The number of hydrogen-bond acceptors (Lipinski definition) is 6. The van der Waals surface area contributed by atoms with Crippen molar-refractivity contribution in [1.29, 1.82) is 0 Å². The standard InChI is InChI=1S/C14H18N4OS2.2ClH/c1-18(14(19)10-8-20-12(6-15)17-10)7-13-16-9-4-2-3-5-11(9)21-13;;/h8H,2-7,15H2,1H3;2*1H. The number of amides is 1. The van der Waals surface area contributed by atoms with E-state index in [0.29, 0.717) is 18.8 Å². The van der Waals surface area contributed by atoms with Crippen LogP contribution in [0.2, 0.25) is 0 Å². The summed E-state index contributed by atoms with van der Waals surface area (Å²) >= 11 is 3.17. The normalized spacial score (nSPS) is 12.8. The predicted octanol–water partition coefficient (Wildman–Crippen LogP) is 3.05. The molecule has 5 nitrogen and oxygen atoms in total. The third kappa shape index (κ3) is 4.64. The zero-order valence-electron chi connectivity index (χ0n) is 12.8. The van der Waals surface area contributed by atoms with Gasteiger partial charge in [0.2, 0.25) is 0 Å². The molecule has 9 heteroatoms. The minimum Gasteiger partial charge on any atom is -0.334 e. The molecule has 2 aromatic heterocycles. The second kappa shape index (κ2) is 8.94. The molecule has 0 radical (unpaired) electrons. The van der Waals surface area contributed by atoms with E-state index in [1.165, 1.54) is 34.7 Å². The van der Waals surface area contributed by atoms with Gasteiger partial charge in [-0.25, -0.2) is 9.97 Å². The number of carbonyl (C=O) groups excluding carboxylic acids is 1. The number of carbonyl (C=O) groups is 1. The van der Waals surface area contributed by atoms with E-state index in [2.05, 4.69) is 9.97 Å². The van der Waals surface area contributed by atoms with Crippen molar-refractivity contribution in [2.45, 2.75) is 38.8 Å². The highest BCUT2D eigenvalue weighted by Crippen LogP contribution is 2.27. The molecule has 1 aliphatic rings. The fraction of sp³-hybridized carbons (Fsp3) is 0.500. The van der Waals surface area contributed by atoms with E-state index in [1.54, 1.807) is 28.7 Å². The molecule has 0 fully saturated rings. The van der Waals surface area contributed by atoms with Gasteiger partial charge in [-0.05, 0) is 25.7 Å². The maximum atomic E-state index is 12.3. The van der Waals surface area contributed by atoms with Crippen LogP contribution in [-0.2, 0) is 25.9 Å². The fourth-order valence-electron chi connectivity index (χ4n) is 2.45. The van der Waals surface area contributed by atoms with Gasteiger partial charge in [-0.15, -0.1) is 47.5 Å². The molecule has 2 heterocycles. The first-order valence-electron chi connectivity index (χ1n) is 7.04. The van der Waals surface area contributed by atoms with Crippen LogP contribution in [0.5, 0.6) is 0 Å². The molecule has 0 saturated heterocycles. The molecular weight excluding hydrogens is 375 g/mol. The van der Waals surface area contributed by atoms with Crippen LogP contribution in [0.25, 0.3) is 0 Å². The summed E-state index contributed by atoms with van der Waals surface area (Å²) in [5, 5.41) is 3.58. The van der Waals surface area contributed by atoms with Crippen LogP contribution in [0.4, 0.5) is 0 Å². The number of nitrogens with zero attached hydrogens (tertiary/aromatic N) is 3. The van der Waals surface area contributed by atoms with Gasteiger partial charge in [0.05, 0.1) is 12.2 Å². The Bertz CT molecular complexity index is 635. The average molecular weight is 395 g/mol. The molecule has 0 atom stereocenters. The van der Waals surface area contributed by atoms with Crippen LogP contribution in [0.3, 0.4) is 0 Å². The molecule has 0 aromatic carbocycles. The molecule has 128 valence electrons. The number of fused-ring (bicyclic) bond motifs is 1. The second-order valence-electron chi connectivity index (χ2n) is 5.18. The minimum atomic E-state index is -0.0703.